The van der Waals surface area contributed by atoms with Gasteiger partial charge in [0.25, 0.3) is 5.56 Å². The van der Waals surface area contributed by atoms with Crippen molar-refractivity contribution in [1.82, 2.24) is 9.55 Å². The van der Waals surface area contributed by atoms with Crippen molar-refractivity contribution in [1.29, 1.82) is 0 Å². The number of nitrogens with zero attached hydrogens (tertiary/aromatic N) is 2. The molecule has 2 aromatic heterocycles. The summed E-state index contributed by atoms with van der Waals surface area (Å²) in [6.07, 6.45) is 0. The molecule has 0 spiro atoms. The van der Waals surface area contributed by atoms with E-state index in [2.05, 4.69) is 36.8 Å². The molecule has 0 bridgehead atoms. The van der Waals surface area contributed by atoms with Crippen LogP contribution in [0.2, 0.25) is 0 Å². The maximum Gasteiger partial charge on any atom is 0.257 e. The van der Waals surface area contributed by atoms with Gasteiger partial charge in [-0.25, -0.2) is 4.98 Å². The number of hydrogen-bond donors (Lipinski definition) is 1. The number of ether oxygens (including phenoxy) is 1. The summed E-state index contributed by atoms with van der Waals surface area (Å²) in [5, 5.41) is 1.57. The average molecular weight is 358 g/mol. The Morgan fingerprint density at radius 2 is 2.17 bits per heavy atom. The van der Waals surface area contributed by atoms with Crippen LogP contribution in [0.1, 0.15) is 22.3 Å². The summed E-state index contributed by atoms with van der Waals surface area (Å²) in [6.45, 7) is 9.67. The second kappa shape index (κ2) is 6.10. The SMILES string of the molecule is C=c1nc2c(c(CSCCS)c1=C)Cn1c-2cc2c(c1=O)COC2. The van der Waals surface area contributed by atoms with E-state index in [9.17, 15) is 4.79 Å². The van der Waals surface area contributed by atoms with Crippen molar-refractivity contribution >= 4 is 37.5 Å². The molecule has 2 aromatic rings. The lowest BCUT2D eigenvalue weighted by Crippen LogP contribution is -2.31. The summed E-state index contributed by atoms with van der Waals surface area (Å²) in [4.78, 5) is 17.4. The second-order valence-electron chi connectivity index (χ2n) is 6.04. The zero-order chi connectivity index (χ0) is 16.8. The van der Waals surface area contributed by atoms with Gasteiger partial charge in [-0.05, 0) is 28.2 Å². The fourth-order valence-corrected chi connectivity index (χ4v) is 4.57. The highest BCUT2D eigenvalue weighted by atomic mass is 32.2. The minimum Gasteiger partial charge on any atom is -0.372 e. The number of aromatic nitrogens is 2. The molecule has 0 saturated carbocycles. The van der Waals surface area contributed by atoms with E-state index in [4.69, 9.17) is 4.74 Å². The van der Waals surface area contributed by atoms with Gasteiger partial charge in [0.2, 0.25) is 0 Å². The Morgan fingerprint density at radius 1 is 1.33 bits per heavy atom. The van der Waals surface area contributed by atoms with Gasteiger partial charge in [0.05, 0.1) is 36.5 Å². The van der Waals surface area contributed by atoms with Crippen molar-refractivity contribution in [2.45, 2.75) is 25.5 Å². The number of thiol groups is 1. The second-order valence-corrected chi connectivity index (χ2v) is 7.59. The molecular weight excluding hydrogens is 340 g/mol. The summed E-state index contributed by atoms with van der Waals surface area (Å²) in [6, 6.07) is 2.05. The van der Waals surface area contributed by atoms with Gasteiger partial charge in [-0.2, -0.15) is 24.4 Å². The smallest absolute Gasteiger partial charge is 0.257 e. The zero-order valence-electron chi connectivity index (χ0n) is 13.3. The van der Waals surface area contributed by atoms with Crippen molar-refractivity contribution in [3.05, 3.63) is 49.2 Å². The molecule has 0 N–H and O–H groups in total. The molecule has 0 atom stereocenters. The predicted molar refractivity (Wildman–Crippen MR) is 102 cm³/mol. The Morgan fingerprint density at radius 3 is 2.96 bits per heavy atom. The molecule has 4 nitrogen and oxygen atoms in total. The number of rotatable bonds is 4. The van der Waals surface area contributed by atoms with Crippen LogP contribution in [0.3, 0.4) is 0 Å². The number of pyridine rings is 2. The fraction of sp³-hybridized carbons (Fsp3) is 0.333. The number of hydrogen-bond acceptors (Lipinski definition) is 5. The lowest BCUT2D eigenvalue weighted by Gasteiger charge is -2.08. The van der Waals surface area contributed by atoms with Crippen LogP contribution in [-0.2, 0) is 30.2 Å². The van der Waals surface area contributed by atoms with Crippen LogP contribution in [0.5, 0.6) is 0 Å². The molecular formula is C18H18N2O2S2. The molecule has 6 heteroatoms. The monoisotopic (exact) mass is 358 g/mol. The molecule has 2 aliphatic rings. The van der Waals surface area contributed by atoms with Gasteiger partial charge in [-0.1, -0.05) is 13.2 Å². The Hall–Kier alpha value is -1.50. The molecule has 0 aromatic carbocycles. The quantitative estimate of drug-likeness (QED) is 0.564. The molecule has 0 fully saturated rings. The van der Waals surface area contributed by atoms with Gasteiger partial charge in [0.1, 0.15) is 0 Å². The van der Waals surface area contributed by atoms with E-state index in [1.165, 1.54) is 0 Å². The third-order valence-corrected chi connectivity index (χ3v) is 6.16. The minimum atomic E-state index is 0.0446. The molecule has 0 amide bonds. The first kappa shape index (κ1) is 16.0. The predicted octanol–water partition coefficient (Wildman–Crippen LogP) is 1.29. The van der Waals surface area contributed by atoms with Crippen LogP contribution in [0.15, 0.2) is 10.9 Å². The standard InChI is InChI=1S/C18H18N2O2S2/c1-10-11(2)19-17-13(15(10)9-24-4-3-23)6-20-16(17)5-12-7-22-8-14(12)18(20)21/h5,23H,1-4,6-9H2. The lowest BCUT2D eigenvalue weighted by atomic mass is 10.1. The third kappa shape index (κ3) is 2.36. The summed E-state index contributed by atoms with van der Waals surface area (Å²) in [7, 11) is 0. The maximum atomic E-state index is 12.8. The average Bonchev–Trinajstić information content (AvgIpc) is 3.17. The molecule has 0 radical (unpaired) electrons. The Kier molecular flexibility index (Phi) is 4.06. The van der Waals surface area contributed by atoms with Crippen LogP contribution >= 0.6 is 24.4 Å². The van der Waals surface area contributed by atoms with Crippen molar-refractivity contribution in [2.24, 2.45) is 0 Å². The first-order valence-electron chi connectivity index (χ1n) is 7.83. The maximum absolute atomic E-state index is 12.8. The van der Waals surface area contributed by atoms with Crippen LogP contribution in [0, 0.1) is 0 Å². The van der Waals surface area contributed by atoms with E-state index >= 15 is 0 Å². The van der Waals surface area contributed by atoms with Crippen molar-refractivity contribution < 1.29 is 4.74 Å². The fourth-order valence-electron chi connectivity index (χ4n) is 3.36. The normalized spacial score (nSPS) is 14.5. The van der Waals surface area contributed by atoms with E-state index in [1.807, 2.05) is 16.3 Å². The number of fused-ring (bicyclic) bond motifs is 4. The topological polar surface area (TPSA) is 44.1 Å². The highest BCUT2D eigenvalue weighted by Crippen LogP contribution is 2.32. The number of thioether (sulfide) groups is 1. The molecule has 0 aliphatic carbocycles. The third-order valence-electron chi connectivity index (χ3n) is 4.65. The van der Waals surface area contributed by atoms with E-state index in [1.54, 1.807) is 0 Å². The minimum absolute atomic E-state index is 0.0446. The highest BCUT2D eigenvalue weighted by Gasteiger charge is 2.28. The molecule has 4 heterocycles. The van der Waals surface area contributed by atoms with E-state index in [-0.39, 0.29) is 5.56 Å². The summed E-state index contributed by atoms with van der Waals surface area (Å²) < 4.78 is 7.24. The van der Waals surface area contributed by atoms with Gasteiger partial charge in [-0.15, -0.1) is 0 Å². The molecule has 0 saturated heterocycles. The Bertz CT molecular complexity index is 998. The highest BCUT2D eigenvalue weighted by molar-refractivity contribution is 7.99. The van der Waals surface area contributed by atoms with E-state index in [0.717, 1.165) is 56.1 Å². The Labute approximate surface area is 149 Å². The van der Waals surface area contributed by atoms with Gasteiger partial charge in [0, 0.05) is 22.6 Å². The zero-order valence-corrected chi connectivity index (χ0v) is 15.0. The molecule has 2 aliphatic heterocycles. The first-order valence-corrected chi connectivity index (χ1v) is 9.62. The van der Waals surface area contributed by atoms with Crippen molar-refractivity contribution in [2.75, 3.05) is 11.5 Å². The molecule has 0 unspecified atom stereocenters. The van der Waals surface area contributed by atoms with Gasteiger partial charge in [-0.3, -0.25) is 4.79 Å². The lowest BCUT2D eigenvalue weighted by molar-refractivity contribution is 0.134. The van der Waals surface area contributed by atoms with Crippen LogP contribution < -0.4 is 16.1 Å². The molecule has 124 valence electrons. The van der Waals surface area contributed by atoms with Crippen LogP contribution in [-0.4, -0.2) is 21.1 Å². The molecule has 24 heavy (non-hydrogen) atoms. The summed E-state index contributed by atoms with van der Waals surface area (Å²) >= 11 is 6.09. The van der Waals surface area contributed by atoms with Crippen molar-refractivity contribution in [3.8, 4) is 11.4 Å². The Balaban J connectivity index is 1.89. The van der Waals surface area contributed by atoms with Crippen LogP contribution in [0.25, 0.3) is 24.5 Å². The molecule has 4 rings (SSSR count). The summed E-state index contributed by atoms with van der Waals surface area (Å²) in [5.74, 6) is 2.66. The summed E-state index contributed by atoms with van der Waals surface area (Å²) in [5.41, 5.74) is 5.84. The first-order chi connectivity index (χ1) is 11.6. The van der Waals surface area contributed by atoms with Gasteiger partial charge in [0.15, 0.2) is 0 Å². The van der Waals surface area contributed by atoms with Crippen LogP contribution in [0.4, 0.5) is 0 Å². The van der Waals surface area contributed by atoms with Gasteiger partial charge < -0.3 is 9.30 Å². The van der Waals surface area contributed by atoms with E-state index in [0.29, 0.717) is 25.1 Å². The van der Waals surface area contributed by atoms with Gasteiger partial charge >= 0.3 is 0 Å². The van der Waals surface area contributed by atoms with Crippen molar-refractivity contribution in [3.63, 3.8) is 0 Å². The van der Waals surface area contributed by atoms with E-state index < -0.39 is 0 Å². The largest absolute Gasteiger partial charge is 0.372 e.